The first kappa shape index (κ1) is 26.1. The first-order valence-corrected chi connectivity index (χ1v) is 11.9. The number of benzene rings is 2. The molecule has 9 nitrogen and oxygen atoms in total. The van der Waals surface area contributed by atoms with Gasteiger partial charge in [0.05, 0.1) is 29.9 Å². The second kappa shape index (κ2) is 12.2. The average Bonchev–Trinajstić information content (AvgIpc) is 2.80. The van der Waals surface area contributed by atoms with E-state index >= 15 is 0 Å². The number of carbonyl (C=O) groups excluding carboxylic acids is 2. The number of hydrogen-bond donors (Lipinski definition) is 1. The summed E-state index contributed by atoms with van der Waals surface area (Å²) in [7, 11) is 0.498. The largest absolute Gasteiger partial charge is 0.495 e. The zero-order valence-corrected chi connectivity index (χ0v) is 20.1. The second-order valence-corrected chi connectivity index (χ2v) is 9.51. The summed E-state index contributed by atoms with van der Waals surface area (Å²) in [6.07, 6.45) is 3.16. The summed E-state index contributed by atoms with van der Waals surface area (Å²) >= 11 is 0. The minimum Gasteiger partial charge on any atom is -0.495 e. The van der Waals surface area contributed by atoms with Gasteiger partial charge in [0.15, 0.2) is 6.61 Å². The van der Waals surface area contributed by atoms with Crippen molar-refractivity contribution in [2.24, 2.45) is 0 Å². The molecule has 180 valence electrons. The van der Waals surface area contributed by atoms with Crippen molar-refractivity contribution in [3.63, 3.8) is 0 Å². The van der Waals surface area contributed by atoms with Crippen molar-refractivity contribution in [2.75, 3.05) is 39.7 Å². The maximum absolute atomic E-state index is 12.3. The smallest absolute Gasteiger partial charge is 0.338 e. The third-order valence-corrected chi connectivity index (χ3v) is 6.48. The van der Waals surface area contributed by atoms with Crippen molar-refractivity contribution in [3.05, 3.63) is 48.0 Å². The summed E-state index contributed by atoms with van der Waals surface area (Å²) in [6.45, 7) is 2.17. The van der Waals surface area contributed by atoms with Crippen LogP contribution in [0.15, 0.2) is 47.4 Å². The quantitative estimate of drug-likeness (QED) is 0.368. The second-order valence-electron chi connectivity index (χ2n) is 7.35. The number of unbranched alkanes of at least 4 members (excludes halogenated alkanes) is 2. The van der Waals surface area contributed by atoms with E-state index in [9.17, 15) is 18.0 Å². The molecule has 2 aromatic carbocycles. The highest BCUT2D eigenvalue weighted by atomic mass is 32.2. The van der Waals surface area contributed by atoms with Gasteiger partial charge in [0.25, 0.3) is 5.91 Å². The topological polar surface area (TPSA) is 111 Å². The molecule has 1 amide bonds. The van der Waals surface area contributed by atoms with Crippen LogP contribution in [0, 0.1) is 0 Å². The van der Waals surface area contributed by atoms with Gasteiger partial charge < -0.3 is 19.5 Å². The van der Waals surface area contributed by atoms with Gasteiger partial charge in [-0.15, -0.1) is 0 Å². The molecule has 0 saturated heterocycles. The molecule has 1 N–H and O–H groups in total. The average molecular weight is 479 g/mol. The lowest BCUT2D eigenvalue weighted by Crippen LogP contribution is -2.23. The predicted molar refractivity (Wildman–Crippen MR) is 124 cm³/mol. The fourth-order valence-corrected chi connectivity index (χ4v) is 3.71. The molecule has 0 saturated carbocycles. The molecular formula is C23H30N2O7S. The van der Waals surface area contributed by atoms with Crippen LogP contribution in [0.1, 0.15) is 36.5 Å². The molecule has 10 heteroatoms. The van der Waals surface area contributed by atoms with Gasteiger partial charge in [0.1, 0.15) is 11.5 Å². The Morgan fingerprint density at radius 1 is 1.03 bits per heavy atom. The molecule has 0 atom stereocenters. The SMILES string of the molecule is CCCCCOc1ccc(C(=O)OCC(=O)Nc2cc(S(=O)(=O)N(C)C)ccc2OC)cc1. The highest BCUT2D eigenvalue weighted by molar-refractivity contribution is 7.89. The molecule has 0 heterocycles. The van der Waals surface area contributed by atoms with Crippen molar-refractivity contribution < 1.29 is 32.2 Å². The summed E-state index contributed by atoms with van der Waals surface area (Å²) in [4.78, 5) is 24.5. The molecule has 0 fully saturated rings. The van der Waals surface area contributed by atoms with Crippen LogP contribution in [0.3, 0.4) is 0 Å². The molecular weight excluding hydrogens is 448 g/mol. The Morgan fingerprint density at radius 3 is 2.33 bits per heavy atom. The minimum absolute atomic E-state index is 0.0161. The molecule has 0 spiro atoms. The van der Waals surface area contributed by atoms with Gasteiger partial charge in [0, 0.05) is 14.1 Å². The Labute approximate surface area is 194 Å². The summed E-state index contributed by atoms with van der Waals surface area (Å²) in [5, 5.41) is 2.52. The van der Waals surface area contributed by atoms with Gasteiger partial charge in [-0.3, -0.25) is 4.79 Å². The summed E-state index contributed by atoms with van der Waals surface area (Å²) in [5.74, 6) is -0.391. The zero-order chi connectivity index (χ0) is 24.4. The van der Waals surface area contributed by atoms with E-state index in [2.05, 4.69) is 12.2 Å². The minimum atomic E-state index is -3.70. The maximum atomic E-state index is 12.3. The van der Waals surface area contributed by atoms with Crippen LogP contribution >= 0.6 is 0 Å². The Balaban J connectivity index is 1.96. The molecule has 0 bridgehead atoms. The number of anilines is 1. The van der Waals surface area contributed by atoms with Gasteiger partial charge in [-0.05, 0) is 48.9 Å². The summed E-state index contributed by atoms with van der Waals surface area (Å²) in [6, 6.07) is 10.6. The van der Waals surface area contributed by atoms with Gasteiger partial charge >= 0.3 is 5.97 Å². The van der Waals surface area contributed by atoms with Crippen molar-refractivity contribution in [3.8, 4) is 11.5 Å². The number of amides is 1. The van der Waals surface area contributed by atoms with Crippen LogP contribution in [0.2, 0.25) is 0 Å². The van der Waals surface area contributed by atoms with Gasteiger partial charge in [-0.1, -0.05) is 19.8 Å². The Morgan fingerprint density at radius 2 is 1.73 bits per heavy atom. The summed E-state index contributed by atoms with van der Waals surface area (Å²) < 4.78 is 41.6. The van der Waals surface area contributed by atoms with E-state index in [-0.39, 0.29) is 21.9 Å². The molecule has 0 radical (unpaired) electrons. The van der Waals surface area contributed by atoms with Crippen LogP contribution < -0.4 is 14.8 Å². The first-order chi connectivity index (χ1) is 15.7. The van der Waals surface area contributed by atoms with Crippen molar-refractivity contribution in [1.29, 1.82) is 0 Å². The molecule has 33 heavy (non-hydrogen) atoms. The Kier molecular flexibility index (Phi) is 9.68. The number of carbonyl (C=O) groups is 2. The summed E-state index contributed by atoms with van der Waals surface area (Å²) in [5.41, 5.74) is 0.423. The number of hydrogen-bond acceptors (Lipinski definition) is 7. The number of nitrogens with zero attached hydrogens (tertiary/aromatic N) is 1. The fraction of sp³-hybridized carbons (Fsp3) is 0.391. The van der Waals surface area contributed by atoms with Crippen LogP contribution in [0.5, 0.6) is 11.5 Å². The van der Waals surface area contributed by atoms with E-state index in [1.165, 1.54) is 39.4 Å². The Hall–Kier alpha value is -3.11. The molecule has 2 rings (SSSR count). The zero-order valence-electron chi connectivity index (χ0n) is 19.3. The molecule has 0 aliphatic carbocycles. The lowest BCUT2D eigenvalue weighted by molar-refractivity contribution is -0.119. The predicted octanol–water partition coefficient (Wildman–Crippen LogP) is 3.31. The molecule has 0 aliphatic heterocycles. The fourth-order valence-electron chi connectivity index (χ4n) is 2.79. The molecule has 2 aromatic rings. The maximum Gasteiger partial charge on any atom is 0.338 e. The monoisotopic (exact) mass is 478 g/mol. The van der Waals surface area contributed by atoms with E-state index in [1.807, 2.05) is 0 Å². The van der Waals surface area contributed by atoms with Crippen molar-refractivity contribution >= 4 is 27.6 Å². The normalized spacial score (nSPS) is 11.2. The number of ether oxygens (including phenoxy) is 3. The third-order valence-electron chi connectivity index (χ3n) is 4.66. The van der Waals surface area contributed by atoms with Crippen LogP contribution in [0.25, 0.3) is 0 Å². The van der Waals surface area contributed by atoms with E-state index < -0.39 is 28.5 Å². The third kappa shape index (κ3) is 7.47. The van der Waals surface area contributed by atoms with Gasteiger partial charge in [-0.25, -0.2) is 17.5 Å². The van der Waals surface area contributed by atoms with E-state index in [4.69, 9.17) is 14.2 Å². The van der Waals surface area contributed by atoms with Crippen LogP contribution in [-0.4, -0.2) is 59.0 Å². The van der Waals surface area contributed by atoms with Crippen molar-refractivity contribution in [1.82, 2.24) is 4.31 Å². The molecule has 0 aromatic heterocycles. The van der Waals surface area contributed by atoms with Gasteiger partial charge in [-0.2, -0.15) is 0 Å². The van der Waals surface area contributed by atoms with E-state index in [1.54, 1.807) is 24.3 Å². The molecule has 0 aliphatic rings. The standard InChI is InChI=1S/C23H30N2O7S/c1-5-6-7-14-31-18-10-8-17(9-11-18)23(27)32-16-22(26)24-20-15-19(12-13-21(20)30-4)33(28,29)25(2)3/h8-13,15H,5-7,14,16H2,1-4H3,(H,24,26). The number of rotatable bonds is 12. The number of esters is 1. The van der Waals surface area contributed by atoms with Crippen LogP contribution in [-0.2, 0) is 19.6 Å². The number of nitrogens with one attached hydrogen (secondary N) is 1. The van der Waals surface area contributed by atoms with Gasteiger partial charge in [0.2, 0.25) is 10.0 Å². The Bertz CT molecular complexity index is 1050. The lowest BCUT2D eigenvalue weighted by atomic mass is 10.2. The lowest BCUT2D eigenvalue weighted by Gasteiger charge is -2.15. The number of sulfonamides is 1. The highest BCUT2D eigenvalue weighted by Crippen LogP contribution is 2.28. The first-order valence-electron chi connectivity index (χ1n) is 10.5. The van der Waals surface area contributed by atoms with Crippen LogP contribution in [0.4, 0.5) is 5.69 Å². The van der Waals surface area contributed by atoms with E-state index in [0.717, 1.165) is 23.6 Å². The van der Waals surface area contributed by atoms with E-state index in [0.29, 0.717) is 12.4 Å². The number of methoxy groups -OCH3 is 1. The molecule has 0 unspecified atom stereocenters. The van der Waals surface area contributed by atoms with Crippen molar-refractivity contribution in [2.45, 2.75) is 31.1 Å². The highest BCUT2D eigenvalue weighted by Gasteiger charge is 2.20.